The number of nitrogen functional groups attached to an aromatic ring is 1. The van der Waals surface area contributed by atoms with E-state index in [-0.39, 0.29) is 0 Å². The van der Waals surface area contributed by atoms with Crippen molar-refractivity contribution in [3.05, 3.63) is 59.7 Å². The van der Waals surface area contributed by atoms with Crippen molar-refractivity contribution in [2.45, 2.75) is 5.88 Å². The van der Waals surface area contributed by atoms with E-state index in [1.807, 2.05) is 36.4 Å². The van der Waals surface area contributed by atoms with Crippen LogP contribution >= 0.6 is 23.8 Å². The minimum absolute atomic E-state index is 0.397. The lowest BCUT2D eigenvalue weighted by atomic mass is 10.2. The van der Waals surface area contributed by atoms with Crippen molar-refractivity contribution >= 4 is 34.6 Å². The van der Waals surface area contributed by atoms with Crippen LogP contribution in [0, 0.1) is 0 Å². The molecule has 4 heteroatoms. The van der Waals surface area contributed by atoms with E-state index in [1.54, 1.807) is 12.1 Å². The largest absolute Gasteiger partial charge is 0.443 e. The van der Waals surface area contributed by atoms with Crippen LogP contribution in [-0.2, 0) is 5.88 Å². The molecule has 0 aliphatic heterocycles. The molecule has 92 valence electrons. The average Bonchev–Trinajstić information content (AvgIpc) is 2.41. The molecule has 0 aliphatic carbocycles. The van der Waals surface area contributed by atoms with Crippen molar-refractivity contribution in [1.82, 2.24) is 0 Å². The Hall–Kier alpha value is -1.58. The molecule has 0 saturated heterocycles. The SMILES string of the molecule is Nc1ccccc1OC(=S)c1ccc(CCl)cc1. The number of benzene rings is 2. The van der Waals surface area contributed by atoms with Crippen molar-refractivity contribution in [2.75, 3.05) is 5.73 Å². The van der Waals surface area contributed by atoms with Crippen molar-refractivity contribution in [1.29, 1.82) is 0 Å². The Bertz CT molecular complexity index is 554. The summed E-state index contributed by atoms with van der Waals surface area (Å²) in [5, 5.41) is 0.397. The Morgan fingerprint density at radius 3 is 2.39 bits per heavy atom. The van der Waals surface area contributed by atoms with Gasteiger partial charge in [-0.2, -0.15) is 0 Å². The first-order valence-corrected chi connectivity index (χ1v) is 6.36. The van der Waals surface area contributed by atoms with Gasteiger partial charge in [0.15, 0.2) is 10.8 Å². The first-order valence-electron chi connectivity index (χ1n) is 5.42. The highest BCUT2D eigenvalue weighted by molar-refractivity contribution is 7.80. The molecule has 0 fully saturated rings. The second-order valence-corrected chi connectivity index (χ2v) is 4.40. The molecule has 2 aromatic carbocycles. The zero-order valence-corrected chi connectivity index (χ0v) is 11.2. The molecule has 0 radical (unpaired) electrons. The van der Waals surface area contributed by atoms with Crippen molar-refractivity contribution in [3.63, 3.8) is 0 Å². The number of halogens is 1. The molecular formula is C14H12ClNOS. The zero-order chi connectivity index (χ0) is 13.0. The Morgan fingerprint density at radius 2 is 1.78 bits per heavy atom. The number of hydrogen-bond donors (Lipinski definition) is 1. The van der Waals surface area contributed by atoms with Gasteiger partial charge in [0.2, 0.25) is 0 Å². The fourth-order valence-corrected chi connectivity index (χ4v) is 1.87. The van der Waals surface area contributed by atoms with E-state index < -0.39 is 0 Å². The Labute approximate surface area is 116 Å². The molecule has 0 heterocycles. The van der Waals surface area contributed by atoms with Crippen LogP contribution in [0.4, 0.5) is 5.69 Å². The molecular weight excluding hydrogens is 266 g/mol. The molecule has 0 aromatic heterocycles. The maximum absolute atomic E-state index is 5.79. The van der Waals surface area contributed by atoms with Gasteiger partial charge in [0.25, 0.3) is 0 Å². The minimum Gasteiger partial charge on any atom is -0.443 e. The van der Waals surface area contributed by atoms with E-state index in [0.717, 1.165) is 11.1 Å². The van der Waals surface area contributed by atoms with Crippen molar-refractivity contribution in [3.8, 4) is 5.75 Å². The highest BCUT2D eigenvalue weighted by atomic mass is 35.5. The molecule has 0 amide bonds. The van der Waals surface area contributed by atoms with E-state index in [2.05, 4.69) is 0 Å². The summed E-state index contributed by atoms with van der Waals surface area (Å²) >= 11 is 11.0. The van der Waals surface area contributed by atoms with Gasteiger partial charge in [-0.15, -0.1) is 11.6 Å². The normalized spacial score (nSPS) is 10.1. The quantitative estimate of drug-likeness (QED) is 0.527. The van der Waals surface area contributed by atoms with Gasteiger partial charge in [-0.3, -0.25) is 0 Å². The van der Waals surface area contributed by atoms with Crippen LogP contribution in [0.3, 0.4) is 0 Å². The lowest BCUT2D eigenvalue weighted by Gasteiger charge is -2.09. The Kier molecular flexibility index (Phi) is 4.18. The van der Waals surface area contributed by atoms with E-state index in [9.17, 15) is 0 Å². The van der Waals surface area contributed by atoms with E-state index in [0.29, 0.717) is 22.4 Å². The summed E-state index contributed by atoms with van der Waals surface area (Å²) in [5.74, 6) is 1.06. The maximum Gasteiger partial charge on any atom is 0.198 e. The molecule has 0 saturated carbocycles. The predicted octanol–water partition coefficient (Wildman–Crippen LogP) is 3.76. The molecule has 0 atom stereocenters. The molecule has 0 aliphatic rings. The number of hydrogen-bond acceptors (Lipinski definition) is 3. The van der Waals surface area contributed by atoms with E-state index in [4.69, 9.17) is 34.3 Å². The lowest BCUT2D eigenvalue weighted by molar-refractivity contribution is 0.569. The smallest absolute Gasteiger partial charge is 0.198 e. The van der Waals surface area contributed by atoms with Gasteiger partial charge < -0.3 is 10.5 Å². The predicted molar refractivity (Wildman–Crippen MR) is 79.2 cm³/mol. The minimum atomic E-state index is 0.397. The monoisotopic (exact) mass is 277 g/mol. The summed E-state index contributed by atoms with van der Waals surface area (Å²) in [6, 6.07) is 14.9. The molecule has 2 nitrogen and oxygen atoms in total. The van der Waals surface area contributed by atoms with Gasteiger partial charge in [0.05, 0.1) is 5.69 Å². The summed E-state index contributed by atoms with van der Waals surface area (Å²) in [7, 11) is 0. The van der Waals surface area contributed by atoms with E-state index in [1.165, 1.54) is 0 Å². The number of ether oxygens (including phenoxy) is 1. The van der Waals surface area contributed by atoms with Crippen LogP contribution in [0.15, 0.2) is 48.5 Å². The lowest BCUT2D eigenvalue weighted by Crippen LogP contribution is -2.08. The average molecular weight is 278 g/mol. The van der Waals surface area contributed by atoms with Crippen LogP contribution in [0.25, 0.3) is 0 Å². The van der Waals surface area contributed by atoms with Crippen molar-refractivity contribution < 1.29 is 4.74 Å². The standard InChI is InChI=1S/C14H12ClNOS/c15-9-10-5-7-11(8-6-10)14(18)17-13-4-2-1-3-12(13)16/h1-8H,9,16H2. The van der Waals surface area contributed by atoms with Crippen LogP contribution < -0.4 is 10.5 Å². The molecule has 18 heavy (non-hydrogen) atoms. The van der Waals surface area contributed by atoms with Crippen LogP contribution in [0.2, 0.25) is 0 Å². The first-order chi connectivity index (χ1) is 8.70. The molecule has 2 N–H and O–H groups in total. The van der Waals surface area contributed by atoms with Crippen LogP contribution in [0.5, 0.6) is 5.75 Å². The summed E-state index contributed by atoms with van der Waals surface area (Å²) < 4.78 is 5.58. The van der Waals surface area contributed by atoms with Crippen LogP contribution in [-0.4, -0.2) is 5.05 Å². The molecule has 2 aromatic rings. The van der Waals surface area contributed by atoms with Gasteiger partial charge in [0.1, 0.15) is 0 Å². The number of para-hydroxylation sites is 2. The molecule has 0 spiro atoms. The highest BCUT2D eigenvalue weighted by Gasteiger charge is 2.06. The third kappa shape index (κ3) is 3.00. The number of anilines is 1. The Balaban J connectivity index is 2.14. The molecule has 0 unspecified atom stereocenters. The third-order valence-electron chi connectivity index (χ3n) is 2.47. The fraction of sp³-hybridized carbons (Fsp3) is 0.0714. The maximum atomic E-state index is 5.79. The van der Waals surface area contributed by atoms with Gasteiger partial charge in [-0.1, -0.05) is 36.4 Å². The summed E-state index contributed by atoms with van der Waals surface area (Å²) in [5.41, 5.74) is 8.24. The summed E-state index contributed by atoms with van der Waals surface area (Å²) in [6.07, 6.45) is 0. The second kappa shape index (κ2) is 5.85. The summed E-state index contributed by atoms with van der Waals surface area (Å²) in [4.78, 5) is 0. The van der Waals surface area contributed by atoms with Gasteiger partial charge in [-0.25, -0.2) is 0 Å². The molecule has 0 bridgehead atoms. The molecule has 2 rings (SSSR count). The number of alkyl halides is 1. The number of nitrogens with two attached hydrogens (primary N) is 1. The van der Waals surface area contributed by atoms with Crippen LogP contribution in [0.1, 0.15) is 11.1 Å². The van der Waals surface area contributed by atoms with E-state index >= 15 is 0 Å². The fourth-order valence-electron chi connectivity index (χ4n) is 1.46. The topological polar surface area (TPSA) is 35.2 Å². The Morgan fingerprint density at radius 1 is 1.11 bits per heavy atom. The van der Waals surface area contributed by atoms with Gasteiger partial charge in [-0.05, 0) is 29.9 Å². The third-order valence-corrected chi connectivity index (χ3v) is 3.09. The highest BCUT2D eigenvalue weighted by Crippen LogP contribution is 2.21. The summed E-state index contributed by atoms with van der Waals surface area (Å²) in [6.45, 7) is 0. The second-order valence-electron chi connectivity index (χ2n) is 3.76. The zero-order valence-electron chi connectivity index (χ0n) is 9.60. The first kappa shape index (κ1) is 12.9. The number of thiocarbonyl (C=S) groups is 1. The number of rotatable bonds is 3. The van der Waals surface area contributed by atoms with Crippen molar-refractivity contribution in [2.24, 2.45) is 0 Å². The van der Waals surface area contributed by atoms with Gasteiger partial charge in [0, 0.05) is 11.4 Å². The van der Waals surface area contributed by atoms with Gasteiger partial charge >= 0.3 is 0 Å².